The molecule has 4 heteroatoms. The topological polar surface area (TPSA) is 42.4 Å². The quantitative estimate of drug-likeness (QED) is 0.912. The number of hydrogen-bond donors (Lipinski definition) is 1. The third-order valence-corrected chi connectivity index (χ3v) is 3.60. The molecule has 2 aromatic rings. The summed E-state index contributed by atoms with van der Waals surface area (Å²) in [6.45, 7) is 4.79. The molecule has 2 N–H and O–H groups in total. The van der Waals surface area contributed by atoms with Crippen molar-refractivity contribution in [2.45, 2.75) is 32.9 Å². The SMILES string of the molecule is Cc1occc1CN(C)c1ccc(Cl)cc1CC(C)N. The van der Waals surface area contributed by atoms with Gasteiger partial charge in [-0.25, -0.2) is 0 Å². The van der Waals surface area contributed by atoms with E-state index in [-0.39, 0.29) is 6.04 Å². The third-order valence-electron chi connectivity index (χ3n) is 3.37. The second-order valence-electron chi connectivity index (χ2n) is 5.31. The molecule has 1 atom stereocenters. The normalized spacial score (nSPS) is 12.4. The second kappa shape index (κ2) is 6.33. The standard InChI is InChI=1S/C16H21ClN2O/c1-11(18)8-14-9-15(17)4-5-16(14)19(3)10-13-6-7-20-12(13)2/h4-7,9,11H,8,10,18H2,1-3H3. The first-order chi connectivity index (χ1) is 9.47. The lowest BCUT2D eigenvalue weighted by atomic mass is 10.0. The van der Waals surface area contributed by atoms with Crippen LogP contribution in [0.3, 0.4) is 0 Å². The highest BCUT2D eigenvalue weighted by Gasteiger charge is 2.12. The molecule has 1 aromatic carbocycles. The van der Waals surface area contributed by atoms with Gasteiger partial charge in [0, 0.05) is 35.9 Å². The first-order valence-electron chi connectivity index (χ1n) is 6.75. The van der Waals surface area contributed by atoms with Gasteiger partial charge in [-0.3, -0.25) is 0 Å². The second-order valence-corrected chi connectivity index (χ2v) is 5.75. The summed E-state index contributed by atoms with van der Waals surface area (Å²) in [5.74, 6) is 0.958. The molecule has 0 radical (unpaired) electrons. The first-order valence-corrected chi connectivity index (χ1v) is 7.13. The molecule has 1 aromatic heterocycles. The average Bonchev–Trinajstić information content (AvgIpc) is 2.74. The van der Waals surface area contributed by atoms with Gasteiger partial charge < -0.3 is 15.1 Å². The van der Waals surface area contributed by atoms with Crippen molar-refractivity contribution in [2.24, 2.45) is 5.73 Å². The zero-order valence-corrected chi connectivity index (χ0v) is 12.9. The number of hydrogen-bond acceptors (Lipinski definition) is 3. The minimum Gasteiger partial charge on any atom is -0.469 e. The number of rotatable bonds is 5. The van der Waals surface area contributed by atoms with E-state index in [1.54, 1.807) is 6.26 Å². The maximum absolute atomic E-state index is 6.10. The molecule has 0 amide bonds. The fourth-order valence-corrected chi connectivity index (χ4v) is 2.55. The molecule has 3 nitrogen and oxygen atoms in total. The highest BCUT2D eigenvalue weighted by Crippen LogP contribution is 2.26. The van der Waals surface area contributed by atoms with Gasteiger partial charge in [0.15, 0.2) is 0 Å². The van der Waals surface area contributed by atoms with Crippen molar-refractivity contribution < 1.29 is 4.42 Å². The van der Waals surface area contributed by atoms with Crippen LogP contribution in [0.2, 0.25) is 5.02 Å². The lowest BCUT2D eigenvalue weighted by Crippen LogP contribution is -2.22. The molecular weight excluding hydrogens is 272 g/mol. The zero-order chi connectivity index (χ0) is 14.7. The van der Waals surface area contributed by atoms with E-state index in [1.807, 2.05) is 32.0 Å². The molecule has 0 bridgehead atoms. The van der Waals surface area contributed by atoms with E-state index in [2.05, 4.69) is 18.0 Å². The van der Waals surface area contributed by atoms with Crippen LogP contribution in [0.25, 0.3) is 0 Å². The molecule has 20 heavy (non-hydrogen) atoms. The number of halogens is 1. The molecule has 0 aliphatic heterocycles. The van der Waals surface area contributed by atoms with Gasteiger partial charge in [0.1, 0.15) is 5.76 Å². The van der Waals surface area contributed by atoms with E-state index in [4.69, 9.17) is 21.8 Å². The Kier molecular flexibility index (Phi) is 4.73. The Morgan fingerprint density at radius 1 is 1.30 bits per heavy atom. The number of benzene rings is 1. The third kappa shape index (κ3) is 3.56. The maximum Gasteiger partial charge on any atom is 0.105 e. The maximum atomic E-state index is 6.10. The summed E-state index contributed by atoms with van der Waals surface area (Å²) in [4.78, 5) is 2.20. The Bertz CT molecular complexity index is 578. The van der Waals surface area contributed by atoms with E-state index in [9.17, 15) is 0 Å². The molecule has 0 aliphatic carbocycles. The van der Waals surface area contributed by atoms with Crippen molar-refractivity contribution in [3.05, 3.63) is 52.4 Å². The van der Waals surface area contributed by atoms with Crippen molar-refractivity contribution >= 4 is 17.3 Å². The van der Waals surface area contributed by atoms with Crippen molar-refractivity contribution in [3.63, 3.8) is 0 Å². The number of furan rings is 1. The largest absolute Gasteiger partial charge is 0.469 e. The van der Waals surface area contributed by atoms with E-state index < -0.39 is 0 Å². The van der Waals surface area contributed by atoms with Crippen molar-refractivity contribution in [2.75, 3.05) is 11.9 Å². The fraction of sp³-hybridized carbons (Fsp3) is 0.375. The van der Waals surface area contributed by atoms with Gasteiger partial charge in [0.05, 0.1) is 6.26 Å². The predicted molar refractivity (Wildman–Crippen MR) is 84.4 cm³/mol. The fourth-order valence-electron chi connectivity index (χ4n) is 2.35. The van der Waals surface area contributed by atoms with Crippen LogP contribution >= 0.6 is 11.6 Å². The van der Waals surface area contributed by atoms with Crippen LogP contribution in [0, 0.1) is 6.92 Å². The Balaban J connectivity index is 2.24. The zero-order valence-electron chi connectivity index (χ0n) is 12.2. The first kappa shape index (κ1) is 14.9. The number of nitrogens with two attached hydrogens (primary N) is 1. The van der Waals surface area contributed by atoms with Crippen LogP contribution < -0.4 is 10.6 Å². The number of anilines is 1. The average molecular weight is 293 g/mol. The summed E-state index contributed by atoms with van der Waals surface area (Å²) in [7, 11) is 2.07. The highest BCUT2D eigenvalue weighted by molar-refractivity contribution is 6.30. The lowest BCUT2D eigenvalue weighted by molar-refractivity contribution is 0.529. The van der Waals surface area contributed by atoms with Crippen LogP contribution in [0.4, 0.5) is 5.69 Å². The van der Waals surface area contributed by atoms with Crippen LogP contribution in [0.15, 0.2) is 34.9 Å². The summed E-state index contributed by atoms with van der Waals surface area (Å²) in [5, 5.41) is 0.747. The molecule has 0 fully saturated rings. The van der Waals surface area contributed by atoms with Crippen molar-refractivity contribution in [1.82, 2.24) is 0 Å². The van der Waals surface area contributed by atoms with Crippen molar-refractivity contribution in [1.29, 1.82) is 0 Å². The molecule has 108 valence electrons. The van der Waals surface area contributed by atoms with Gasteiger partial charge in [-0.2, -0.15) is 0 Å². The lowest BCUT2D eigenvalue weighted by Gasteiger charge is -2.23. The molecule has 1 unspecified atom stereocenters. The van der Waals surface area contributed by atoms with E-state index in [1.165, 1.54) is 11.1 Å². The smallest absolute Gasteiger partial charge is 0.105 e. The Labute approximate surface area is 125 Å². The summed E-state index contributed by atoms with van der Waals surface area (Å²) < 4.78 is 5.35. The van der Waals surface area contributed by atoms with E-state index >= 15 is 0 Å². The van der Waals surface area contributed by atoms with Gasteiger partial charge in [0.2, 0.25) is 0 Å². The molecular formula is C16H21ClN2O. The monoisotopic (exact) mass is 292 g/mol. The van der Waals surface area contributed by atoms with Crippen LogP contribution in [0.5, 0.6) is 0 Å². The van der Waals surface area contributed by atoms with Gasteiger partial charge >= 0.3 is 0 Å². The van der Waals surface area contributed by atoms with E-state index in [0.29, 0.717) is 0 Å². The Morgan fingerprint density at radius 2 is 2.05 bits per heavy atom. The minimum absolute atomic E-state index is 0.108. The molecule has 0 saturated heterocycles. The molecule has 0 saturated carbocycles. The highest BCUT2D eigenvalue weighted by atomic mass is 35.5. The van der Waals surface area contributed by atoms with Gasteiger partial charge in [-0.05, 0) is 50.1 Å². The molecule has 0 spiro atoms. The molecule has 1 heterocycles. The predicted octanol–water partition coefficient (Wildman–Crippen LogP) is 3.77. The van der Waals surface area contributed by atoms with Gasteiger partial charge in [-0.15, -0.1) is 0 Å². The Morgan fingerprint density at radius 3 is 2.65 bits per heavy atom. The summed E-state index contributed by atoms with van der Waals surface area (Å²) >= 11 is 6.10. The number of nitrogens with zero attached hydrogens (tertiary/aromatic N) is 1. The number of aryl methyl sites for hydroxylation is 1. The van der Waals surface area contributed by atoms with Crippen LogP contribution in [-0.4, -0.2) is 13.1 Å². The molecule has 2 rings (SSSR count). The van der Waals surface area contributed by atoms with Gasteiger partial charge in [-0.1, -0.05) is 11.6 Å². The summed E-state index contributed by atoms with van der Waals surface area (Å²) in [5.41, 5.74) is 9.45. The van der Waals surface area contributed by atoms with Crippen LogP contribution in [-0.2, 0) is 13.0 Å². The van der Waals surface area contributed by atoms with Crippen molar-refractivity contribution in [3.8, 4) is 0 Å². The van der Waals surface area contributed by atoms with E-state index in [0.717, 1.165) is 29.4 Å². The summed E-state index contributed by atoms with van der Waals surface area (Å²) in [6.07, 6.45) is 2.54. The molecule has 0 aliphatic rings. The summed E-state index contributed by atoms with van der Waals surface area (Å²) in [6, 6.07) is 8.08. The van der Waals surface area contributed by atoms with Gasteiger partial charge in [0.25, 0.3) is 0 Å². The Hall–Kier alpha value is -1.45. The minimum atomic E-state index is 0.108. The van der Waals surface area contributed by atoms with Crippen LogP contribution in [0.1, 0.15) is 23.8 Å².